The number of para-hydroxylation sites is 2. The topological polar surface area (TPSA) is 84.7 Å². The number of nitrogens with zero attached hydrogens (tertiary/aromatic N) is 8. The van der Waals surface area contributed by atoms with Crippen LogP contribution in [0.3, 0.4) is 0 Å². The van der Waals surface area contributed by atoms with E-state index in [1.54, 1.807) is 24.3 Å². The molecule has 2 aromatic heterocycles. The Morgan fingerprint density at radius 1 is 0.886 bits per heavy atom. The predicted molar refractivity (Wildman–Crippen MR) is 128 cm³/mol. The van der Waals surface area contributed by atoms with E-state index in [1.807, 2.05) is 11.8 Å². The average molecular weight is 489 g/mol. The van der Waals surface area contributed by atoms with Crippen molar-refractivity contribution in [3.05, 3.63) is 30.1 Å². The molecule has 0 radical (unpaired) electrons. The monoisotopic (exact) mass is 488 g/mol. The molecule has 188 valence electrons. The summed E-state index contributed by atoms with van der Waals surface area (Å²) >= 11 is 0. The summed E-state index contributed by atoms with van der Waals surface area (Å²) in [5.41, 5.74) is 1.01. The third kappa shape index (κ3) is 5.19. The summed E-state index contributed by atoms with van der Waals surface area (Å²) in [6.45, 7) is 9.80. The van der Waals surface area contributed by atoms with Crippen LogP contribution in [-0.4, -0.2) is 102 Å². The Labute approximate surface area is 202 Å². The molecule has 2 aliphatic rings. The lowest BCUT2D eigenvalue weighted by atomic mass is 10.3. The largest absolute Gasteiger partial charge is 0.380 e. The first kappa shape index (κ1) is 23.8. The van der Waals surface area contributed by atoms with Gasteiger partial charge in [-0.05, 0) is 19.1 Å². The summed E-state index contributed by atoms with van der Waals surface area (Å²) < 4.78 is 40.4. The Hall–Kier alpha value is -2.96. The number of fused-ring (bicyclic) bond motifs is 1. The van der Waals surface area contributed by atoms with E-state index in [9.17, 15) is 8.78 Å². The summed E-state index contributed by atoms with van der Waals surface area (Å²) in [6, 6.07) is 7.04. The maximum Gasteiger partial charge on any atom is 0.296 e. The summed E-state index contributed by atoms with van der Waals surface area (Å²) in [4.78, 5) is 24.7. The van der Waals surface area contributed by atoms with Gasteiger partial charge in [-0.25, -0.2) is 13.8 Å². The van der Waals surface area contributed by atoms with Crippen molar-refractivity contribution in [1.82, 2.24) is 29.4 Å². The van der Waals surface area contributed by atoms with E-state index in [4.69, 9.17) is 14.5 Å². The molecular weight excluding hydrogens is 458 g/mol. The van der Waals surface area contributed by atoms with Gasteiger partial charge in [0, 0.05) is 52.4 Å². The molecule has 0 spiro atoms. The Kier molecular flexibility index (Phi) is 7.30. The first-order valence-corrected chi connectivity index (χ1v) is 12.0. The number of alkyl halides is 2. The van der Waals surface area contributed by atoms with Gasteiger partial charge in [-0.15, -0.1) is 0 Å². The summed E-state index contributed by atoms with van der Waals surface area (Å²) in [5, 5.41) is 0. The zero-order chi connectivity index (χ0) is 24.2. The fourth-order valence-corrected chi connectivity index (χ4v) is 4.40. The third-order valence-electron chi connectivity index (χ3n) is 6.29. The number of hydrogen-bond acceptors (Lipinski definition) is 9. The lowest BCUT2D eigenvalue weighted by Crippen LogP contribution is -2.48. The lowest BCUT2D eigenvalue weighted by molar-refractivity contribution is 0.111. The Morgan fingerprint density at radius 3 is 2.23 bits per heavy atom. The van der Waals surface area contributed by atoms with Crippen molar-refractivity contribution in [3.8, 4) is 5.95 Å². The highest BCUT2D eigenvalue weighted by Gasteiger charge is 2.26. The Balaban J connectivity index is 1.50. The number of halogens is 2. The Bertz CT molecular complexity index is 1130. The van der Waals surface area contributed by atoms with E-state index >= 15 is 0 Å². The van der Waals surface area contributed by atoms with Crippen LogP contribution in [0.2, 0.25) is 0 Å². The molecule has 3 aromatic rings. The average Bonchev–Trinajstić information content (AvgIpc) is 3.30. The van der Waals surface area contributed by atoms with Crippen molar-refractivity contribution in [3.63, 3.8) is 0 Å². The van der Waals surface area contributed by atoms with Gasteiger partial charge in [0.15, 0.2) is 5.82 Å². The quantitative estimate of drug-likeness (QED) is 0.443. The minimum atomic E-state index is -2.77. The molecule has 2 aliphatic heterocycles. The van der Waals surface area contributed by atoms with Gasteiger partial charge < -0.3 is 19.3 Å². The van der Waals surface area contributed by atoms with E-state index in [0.717, 1.165) is 32.7 Å². The number of morpholine rings is 1. The van der Waals surface area contributed by atoms with Crippen LogP contribution in [0.1, 0.15) is 19.2 Å². The van der Waals surface area contributed by atoms with Crippen molar-refractivity contribution in [2.24, 2.45) is 0 Å². The fourth-order valence-electron chi connectivity index (χ4n) is 4.40. The molecule has 12 heteroatoms. The van der Waals surface area contributed by atoms with Crippen molar-refractivity contribution >= 4 is 22.9 Å². The van der Waals surface area contributed by atoms with Crippen LogP contribution >= 0.6 is 0 Å². The molecule has 1 aromatic carbocycles. The van der Waals surface area contributed by atoms with E-state index < -0.39 is 6.43 Å². The second-order valence-corrected chi connectivity index (χ2v) is 8.46. The molecule has 2 fully saturated rings. The number of aromatic nitrogens is 5. The van der Waals surface area contributed by atoms with Crippen molar-refractivity contribution in [2.75, 3.05) is 82.0 Å². The zero-order valence-electron chi connectivity index (χ0n) is 19.8. The molecule has 0 unspecified atom stereocenters. The molecule has 0 amide bonds. The molecule has 10 nitrogen and oxygen atoms in total. The highest BCUT2D eigenvalue weighted by Crippen LogP contribution is 2.28. The van der Waals surface area contributed by atoms with Gasteiger partial charge >= 0.3 is 0 Å². The first-order chi connectivity index (χ1) is 17.1. The standard InChI is InChI=1S/C23H30F2N8O2/c1-2-34-14-11-30-7-9-31(10-8-30)21-27-22(32-12-15-35-16-13-32)29-23(28-21)33-18-6-4-3-5-17(18)26-20(33)19(24)25/h3-6,19H,2,7-16H2,1H3. The molecule has 2 saturated heterocycles. The first-order valence-electron chi connectivity index (χ1n) is 12.0. The van der Waals surface area contributed by atoms with Crippen molar-refractivity contribution in [1.29, 1.82) is 0 Å². The van der Waals surface area contributed by atoms with Crippen LogP contribution in [0.5, 0.6) is 0 Å². The van der Waals surface area contributed by atoms with Crippen LogP contribution in [0.15, 0.2) is 24.3 Å². The number of benzene rings is 1. The van der Waals surface area contributed by atoms with Crippen LogP contribution in [0.25, 0.3) is 17.0 Å². The number of ether oxygens (including phenoxy) is 2. The number of imidazole rings is 1. The van der Waals surface area contributed by atoms with Gasteiger partial charge in [0.1, 0.15) is 0 Å². The van der Waals surface area contributed by atoms with Crippen LogP contribution in [0.4, 0.5) is 20.7 Å². The van der Waals surface area contributed by atoms with Gasteiger partial charge in [0.2, 0.25) is 17.8 Å². The predicted octanol–water partition coefficient (Wildman–Crippen LogP) is 2.14. The van der Waals surface area contributed by atoms with E-state index in [1.165, 1.54) is 4.57 Å². The molecule has 0 atom stereocenters. The highest BCUT2D eigenvalue weighted by atomic mass is 19.3. The lowest BCUT2D eigenvalue weighted by Gasteiger charge is -2.35. The summed E-state index contributed by atoms with van der Waals surface area (Å²) in [5.74, 6) is 0.723. The van der Waals surface area contributed by atoms with E-state index in [0.29, 0.717) is 62.4 Å². The van der Waals surface area contributed by atoms with Crippen molar-refractivity contribution < 1.29 is 18.3 Å². The van der Waals surface area contributed by atoms with Gasteiger partial charge in [-0.2, -0.15) is 15.0 Å². The van der Waals surface area contributed by atoms with Gasteiger partial charge in [-0.1, -0.05) is 12.1 Å². The maximum absolute atomic E-state index is 14.0. The molecule has 0 saturated carbocycles. The number of anilines is 2. The normalized spacial score (nSPS) is 17.6. The minimum Gasteiger partial charge on any atom is -0.380 e. The molecular formula is C23H30F2N8O2. The SMILES string of the molecule is CCOCCN1CCN(c2nc(N3CCOCC3)nc(-n3c(C(F)F)nc4ccccc43)n2)CC1. The number of hydrogen-bond donors (Lipinski definition) is 0. The molecule has 0 N–H and O–H groups in total. The maximum atomic E-state index is 14.0. The summed E-state index contributed by atoms with van der Waals surface area (Å²) in [7, 11) is 0. The van der Waals surface area contributed by atoms with Crippen LogP contribution in [0, 0.1) is 0 Å². The van der Waals surface area contributed by atoms with Crippen LogP contribution in [-0.2, 0) is 9.47 Å². The fraction of sp³-hybridized carbons (Fsp3) is 0.565. The molecule has 0 aliphatic carbocycles. The molecule has 5 rings (SSSR count). The van der Waals surface area contributed by atoms with Gasteiger partial charge in [-0.3, -0.25) is 9.47 Å². The zero-order valence-corrected chi connectivity index (χ0v) is 19.8. The van der Waals surface area contributed by atoms with E-state index in [-0.39, 0.29) is 11.8 Å². The molecule has 35 heavy (non-hydrogen) atoms. The van der Waals surface area contributed by atoms with Crippen molar-refractivity contribution in [2.45, 2.75) is 13.3 Å². The second-order valence-electron chi connectivity index (χ2n) is 8.46. The minimum absolute atomic E-state index is 0.152. The smallest absolute Gasteiger partial charge is 0.296 e. The highest BCUT2D eigenvalue weighted by molar-refractivity contribution is 5.77. The van der Waals surface area contributed by atoms with Crippen LogP contribution < -0.4 is 9.80 Å². The Morgan fingerprint density at radius 2 is 1.54 bits per heavy atom. The number of rotatable bonds is 8. The summed E-state index contributed by atoms with van der Waals surface area (Å²) in [6.07, 6.45) is -2.77. The molecule has 0 bridgehead atoms. The van der Waals surface area contributed by atoms with Gasteiger partial charge in [0.05, 0.1) is 30.9 Å². The molecule has 4 heterocycles. The third-order valence-corrected chi connectivity index (χ3v) is 6.29. The number of piperazine rings is 1. The van der Waals surface area contributed by atoms with E-state index in [2.05, 4.69) is 24.8 Å². The second kappa shape index (κ2) is 10.8. The van der Waals surface area contributed by atoms with Gasteiger partial charge in [0.25, 0.3) is 6.43 Å².